The van der Waals surface area contributed by atoms with Gasteiger partial charge >= 0.3 is 0 Å². The lowest BCUT2D eigenvalue weighted by Gasteiger charge is -2.07. The second-order valence-corrected chi connectivity index (χ2v) is 3.82. The summed E-state index contributed by atoms with van der Waals surface area (Å²) in [4.78, 5) is 4.00. The van der Waals surface area contributed by atoms with Gasteiger partial charge in [0.25, 0.3) is 0 Å². The van der Waals surface area contributed by atoms with Gasteiger partial charge in [-0.1, -0.05) is 29.8 Å². The zero-order valence-electron chi connectivity index (χ0n) is 8.65. The van der Waals surface area contributed by atoms with Crippen LogP contribution in [0.3, 0.4) is 0 Å². The van der Waals surface area contributed by atoms with E-state index in [4.69, 9.17) is 17.3 Å². The fraction of sp³-hybridized carbons (Fsp3) is 0.0833. The number of halogens is 1. The molecule has 0 saturated heterocycles. The summed E-state index contributed by atoms with van der Waals surface area (Å²) in [6.45, 7) is 0.672. The Balaban J connectivity index is 2.02. The van der Waals surface area contributed by atoms with Gasteiger partial charge in [-0.2, -0.15) is 0 Å². The average Bonchev–Trinajstić information content (AvgIpc) is 2.30. The molecule has 1 aromatic heterocycles. The van der Waals surface area contributed by atoms with E-state index in [0.717, 1.165) is 16.3 Å². The first-order chi connectivity index (χ1) is 7.75. The summed E-state index contributed by atoms with van der Waals surface area (Å²) in [6, 6.07) is 11.4. The van der Waals surface area contributed by atoms with Gasteiger partial charge in [0.15, 0.2) is 0 Å². The molecule has 82 valence electrons. The molecule has 0 atom stereocenters. The fourth-order valence-corrected chi connectivity index (χ4v) is 1.55. The van der Waals surface area contributed by atoms with Gasteiger partial charge in [-0.15, -0.1) is 0 Å². The monoisotopic (exact) mass is 233 g/mol. The second kappa shape index (κ2) is 4.86. The van der Waals surface area contributed by atoms with Crippen molar-refractivity contribution in [2.45, 2.75) is 6.54 Å². The normalized spacial score (nSPS) is 10.1. The molecule has 0 aliphatic carbocycles. The SMILES string of the molecule is Nc1ccc(NCc2ccccc2Cl)cn1. The Morgan fingerprint density at radius 1 is 1.19 bits per heavy atom. The number of nitrogens with one attached hydrogen (secondary N) is 1. The third-order valence-corrected chi connectivity index (χ3v) is 2.60. The molecule has 1 aromatic carbocycles. The van der Waals surface area contributed by atoms with Crippen molar-refractivity contribution >= 4 is 23.1 Å². The third-order valence-electron chi connectivity index (χ3n) is 2.23. The maximum absolute atomic E-state index is 6.04. The highest BCUT2D eigenvalue weighted by atomic mass is 35.5. The van der Waals surface area contributed by atoms with Gasteiger partial charge < -0.3 is 11.1 Å². The molecule has 2 rings (SSSR count). The number of anilines is 2. The lowest BCUT2D eigenvalue weighted by Crippen LogP contribution is -2.00. The Morgan fingerprint density at radius 2 is 2.00 bits per heavy atom. The summed E-state index contributed by atoms with van der Waals surface area (Å²) in [5, 5.41) is 3.99. The van der Waals surface area contributed by atoms with Crippen LogP contribution in [0.5, 0.6) is 0 Å². The third kappa shape index (κ3) is 2.64. The molecule has 4 heteroatoms. The lowest BCUT2D eigenvalue weighted by atomic mass is 10.2. The number of nitrogens with zero attached hydrogens (tertiary/aromatic N) is 1. The molecule has 3 N–H and O–H groups in total. The molecule has 0 fully saturated rings. The van der Waals surface area contributed by atoms with E-state index in [0.29, 0.717) is 12.4 Å². The van der Waals surface area contributed by atoms with Crippen molar-refractivity contribution in [3.05, 3.63) is 53.2 Å². The minimum absolute atomic E-state index is 0.517. The molecule has 2 aromatic rings. The molecular weight excluding hydrogens is 222 g/mol. The molecule has 0 saturated carbocycles. The first-order valence-electron chi connectivity index (χ1n) is 4.94. The minimum atomic E-state index is 0.517. The Kier molecular flexibility index (Phi) is 3.27. The maximum atomic E-state index is 6.04. The van der Waals surface area contributed by atoms with Gasteiger partial charge in [0.2, 0.25) is 0 Å². The Hall–Kier alpha value is -1.74. The van der Waals surface area contributed by atoms with Gasteiger partial charge in [-0.3, -0.25) is 0 Å². The van der Waals surface area contributed by atoms with Crippen LogP contribution in [0.15, 0.2) is 42.6 Å². The molecule has 16 heavy (non-hydrogen) atoms. The second-order valence-electron chi connectivity index (χ2n) is 3.42. The highest BCUT2D eigenvalue weighted by Gasteiger charge is 1.98. The van der Waals surface area contributed by atoms with E-state index >= 15 is 0 Å². The van der Waals surface area contributed by atoms with Crippen molar-refractivity contribution in [2.24, 2.45) is 0 Å². The van der Waals surface area contributed by atoms with Crippen molar-refractivity contribution in [1.82, 2.24) is 4.98 Å². The number of hydrogen-bond donors (Lipinski definition) is 2. The van der Waals surface area contributed by atoms with Crippen molar-refractivity contribution in [3.8, 4) is 0 Å². The molecule has 0 spiro atoms. The van der Waals surface area contributed by atoms with Crippen LogP contribution >= 0.6 is 11.6 Å². The highest BCUT2D eigenvalue weighted by Crippen LogP contribution is 2.16. The van der Waals surface area contributed by atoms with Crippen LogP contribution < -0.4 is 11.1 Å². The maximum Gasteiger partial charge on any atom is 0.123 e. The van der Waals surface area contributed by atoms with Crippen molar-refractivity contribution in [3.63, 3.8) is 0 Å². The van der Waals surface area contributed by atoms with Crippen LogP contribution in [0.1, 0.15) is 5.56 Å². The lowest BCUT2D eigenvalue weighted by molar-refractivity contribution is 1.14. The van der Waals surface area contributed by atoms with Crippen LogP contribution in [0.25, 0.3) is 0 Å². The summed E-state index contributed by atoms with van der Waals surface area (Å²) >= 11 is 6.04. The van der Waals surface area contributed by atoms with Gasteiger partial charge in [0, 0.05) is 11.6 Å². The molecule has 0 aliphatic rings. The molecule has 0 aliphatic heterocycles. The average molecular weight is 234 g/mol. The highest BCUT2D eigenvalue weighted by molar-refractivity contribution is 6.31. The van der Waals surface area contributed by atoms with Crippen LogP contribution in [0.2, 0.25) is 5.02 Å². The topological polar surface area (TPSA) is 50.9 Å². The summed E-state index contributed by atoms with van der Waals surface area (Å²) in [7, 11) is 0. The molecule has 0 unspecified atom stereocenters. The Labute approximate surface area is 99.3 Å². The number of nitrogens with two attached hydrogens (primary N) is 1. The van der Waals surface area contributed by atoms with Gasteiger partial charge in [-0.25, -0.2) is 4.98 Å². The zero-order valence-corrected chi connectivity index (χ0v) is 9.41. The van der Waals surface area contributed by atoms with E-state index in [9.17, 15) is 0 Å². The molecular formula is C12H12ClN3. The first-order valence-corrected chi connectivity index (χ1v) is 5.32. The fourth-order valence-electron chi connectivity index (χ4n) is 1.35. The van der Waals surface area contributed by atoms with Crippen molar-refractivity contribution in [2.75, 3.05) is 11.1 Å². The van der Waals surface area contributed by atoms with Crippen LogP contribution in [-0.2, 0) is 6.54 Å². The first kappa shape index (κ1) is 10.8. The quantitative estimate of drug-likeness (QED) is 0.857. The van der Waals surface area contributed by atoms with Crippen molar-refractivity contribution < 1.29 is 0 Å². The summed E-state index contributed by atoms with van der Waals surface area (Å²) in [6.07, 6.45) is 1.70. The molecule has 0 bridgehead atoms. The number of rotatable bonds is 3. The molecule has 0 amide bonds. The Morgan fingerprint density at radius 3 is 2.69 bits per heavy atom. The summed E-state index contributed by atoms with van der Waals surface area (Å²) in [5.74, 6) is 0.517. The molecule has 1 heterocycles. The van der Waals surface area contributed by atoms with E-state index in [2.05, 4.69) is 10.3 Å². The zero-order chi connectivity index (χ0) is 11.4. The van der Waals surface area contributed by atoms with Crippen molar-refractivity contribution in [1.29, 1.82) is 0 Å². The van der Waals surface area contributed by atoms with E-state index < -0.39 is 0 Å². The standard InChI is InChI=1S/C12H12ClN3/c13-11-4-2-1-3-9(11)7-15-10-5-6-12(14)16-8-10/h1-6,8,15H,7H2,(H2,14,16). The van der Waals surface area contributed by atoms with E-state index in [1.165, 1.54) is 0 Å². The van der Waals surface area contributed by atoms with E-state index in [1.54, 1.807) is 12.3 Å². The van der Waals surface area contributed by atoms with Crippen LogP contribution in [0.4, 0.5) is 11.5 Å². The van der Waals surface area contributed by atoms with E-state index in [1.807, 2.05) is 30.3 Å². The predicted molar refractivity (Wildman–Crippen MR) is 67.4 cm³/mol. The van der Waals surface area contributed by atoms with Crippen LogP contribution in [0, 0.1) is 0 Å². The number of pyridine rings is 1. The smallest absolute Gasteiger partial charge is 0.123 e. The predicted octanol–water partition coefficient (Wildman–Crippen LogP) is 2.93. The summed E-state index contributed by atoms with van der Waals surface area (Å²) < 4.78 is 0. The van der Waals surface area contributed by atoms with E-state index in [-0.39, 0.29) is 0 Å². The Bertz CT molecular complexity index is 468. The van der Waals surface area contributed by atoms with Crippen LogP contribution in [-0.4, -0.2) is 4.98 Å². The number of aromatic nitrogens is 1. The largest absolute Gasteiger partial charge is 0.384 e. The van der Waals surface area contributed by atoms with Gasteiger partial charge in [0.1, 0.15) is 5.82 Å². The van der Waals surface area contributed by atoms with Gasteiger partial charge in [0.05, 0.1) is 11.9 Å². The molecule has 3 nitrogen and oxygen atoms in total. The summed E-state index contributed by atoms with van der Waals surface area (Å²) in [5.41, 5.74) is 7.48. The number of nitrogen functional groups attached to an aromatic ring is 1. The molecule has 0 radical (unpaired) electrons. The number of hydrogen-bond acceptors (Lipinski definition) is 3. The van der Waals surface area contributed by atoms with Gasteiger partial charge in [-0.05, 0) is 23.8 Å². The minimum Gasteiger partial charge on any atom is -0.384 e. The number of benzene rings is 1.